The van der Waals surface area contributed by atoms with Gasteiger partial charge in [-0.3, -0.25) is 0 Å². The minimum absolute atomic E-state index is 0.680. The van der Waals surface area contributed by atoms with E-state index in [1.807, 2.05) is 13.8 Å². The predicted molar refractivity (Wildman–Crippen MR) is 77.1 cm³/mol. The molecule has 2 nitrogen and oxygen atoms in total. The molecule has 0 bridgehead atoms. The molecule has 1 heterocycles. The number of imidazole rings is 1. The van der Waals surface area contributed by atoms with E-state index in [1.54, 1.807) is 0 Å². The first-order valence-corrected chi connectivity index (χ1v) is 6.26. The third-order valence-electron chi connectivity index (χ3n) is 2.66. The summed E-state index contributed by atoms with van der Waals surface area (Å²) in [4.78, 5) is 6.32. The molecule has 1 aromatic heterocycles. The lowest BCUT2D eigenvalue weighted by Gasteiger charge is -2.00. The number of aryl methyl sites for hydroxylation is 1. The Kier molecular flexibility index (Phi) is 3.29. The standard InChI is InChI=1S/C12H10N2S.C2H6/c1-7-2-3-8-4-5-10-11(9(8)6-7)14-12(15)13-10;1-2/h2-6H,1H3,(H2,13,14,15);1-2H3. The van der Waals surface area contributed by atoms with Crippen LogP contribution >= 0.6 is 12.2 Å². The molecule has 0 aliphatic heterocycles. The first-order valence-electron chi connectivity index (χ1n) is 5.85. The molecule has 0 spiro atoms. The minimum Gasteiger partial charge on any atom is -0.331 e. The highest BCUT2D eigenvalue weighted by atomic mass is 32.1. The molecule has 3 aromatic rings. The summed E-state index contributed by atoms with van der Waals surface area (Å²) in [6.45, 7) is 6.10. The summed E-state index contributed by atoms with van der Waals surface area (Å²) in [5, 5.41) is 2.46. The minimum atomic E-state index is 0.680. The molecule has 17 heavy (non-hydrogen) atoms. The van der Waals surface area contributed by atoms with Gasteiger partial charge in [-0.25, -0.2) is 0 Å². The fourth-order valence-electron chi connectivity index (χ4n) is 1.94. The maximum absolute atomic E-state index is 5.10. The molecule has 0 unspecified atom stereocenters. The van der Waals surface area contributed by atoms with Crippen molar-refractivity contribution in [2.24, 2.45) is 0 Å². The van der Waals surface area contributed by atoms with Gasteiger partial charge < -0.3 is 9.97 Å². The summed E-state index contributed by atoms with van der Waals surface area (Å²) in [5.41, 5.74) is 3.43. The van der Waals surface area contributed by atoms with Gasteiger partial charge >= 0.3 is 0 Å². The molecule has 0 saturated heterocycles. The van der Waals surface area contributed by atoms with Crippen molar-refractivity contribution in [2.45, 2.75) is 20.8 Å². The SMILES string of the molecule is CC.Cc1ccc2ccc3[nH]c(=S)[nH]c3c2c1. The van der Waals surface area contributed by atoms with Crippen LogP contribution in [0.15, 0.2) is 30.3 Å². The van der Waals surface area contributed by atoms with E-state index in [1.165, 1.54) is 16.3 Å². The number of hydrogen-bond donors (Lipinski definition) is 2. The zero-order valence-electron chi connectivity index (χ0n) is 10.3. The highest BCUT2D eigenvalue weighted by molar-refractivity contribution is 7.71. The molecule has 0 saturated carbocycles. The lowest BCUT2D eigenvalue weighted by molar-refractivity contribution is 1.30. The first kappa shape index (κ1) is 11.9. The Balaban J connectivity index is 0.000000514. The lowest BCUT2D eigenvalue weighted by atomic mass is 10.1. The second-order valence-electron chi connectivity index (χ2n) is 3.79. The molecule has 0 atom stereocenters. The summed E-state index contributed by atoms with van der Waals surface area (Å²) in [7, 11) is 0. The van der Waals surface area contributed by atoms with Gasteiger partial charge in [-0.15, -0.1) is 0 Å². The van der Waals surface area contributed by atoms with Gasteiger partial charge in [0.05, 0.1) is 11.0 Å². The maximum atomic E-state index is 5.10. The van der Waals surface area contributed by atoms with E-state index in [0.29, 0.717) is 4.77 Å². The van der Waals surface area contributed by atoms with Crippen molar-refractivity contribution in [1.82, 2.24) is 9.97 Å². The molecule has 0 aliphatic carbocycles. The average molecular weight is 244 g/mol. The van der Waals surface area contributed by atoms with E-state index in [0.717, 1.165) is 11.0 Å². The van der Waals surface area contributed by atoms with Gasteiger partial charge in [-0.05, 0) is 36.7 Å². The predicted octanol–water partition coefficient (Wildman–Crippen LogP) is 4.71. The van der Waals surface area contributed by atoms with Crippen LogP contribution in [-0.4, -0.2) is 9.97 Å². The van der Waals surface area contributed by atoms with Crippen molar-refractivity contribution in [2.75, 3.05) is 0 Å². The third kappa shape index (κ3) is 2.11. The molecule has 2 N–H and O–H groups in total. The molecule has 3 rings (SSSR count). The van der Waals surface area contributed by atoms with Gasteiger partial charge in [-0.2, -0.15) is 0 Å². The number of rotatable bonds is 0. The third-order valence-corrected chi connectivity index (χ3v) is 2.87. The molecule has 0 fully saturated rings. The summed E-state index contributed by atoms with van der Waals surface area (Å²) >= 11 is 5.10. The number of nitrogens with one attached hydrogen (secondary N) is 2. The van der Waals surface area contributed by atoms with Crippen LogP contribution in [0.3, 0.4) is 0 Å². The van der Waals surface area contributed by atoms with Gasteiger partial charge in [0.15, 0.2) is 4.77 Å². The molecular formula is C14H16N2S. The van der Waals surface area contributed by atoms with Crippen molar-refractivity contribution in [3.8, 4) is 0 Å². The summed E-state index contributed by atoms with van der Waals surface area (Å²) in [6, 6.07) is 10.6. The fourth-order valence-corrected chi connectivity index (χ4v) is 2.15. The number of benzene rings is 2. The van der Waals surface area contributed by atoms with Crippen LogP contribution in [0.25, 0.3) is 21.8 Å². The largest absolute Gasteiger partial charge is 0.331 e. The van der Waals surface area contributed by atoms with Crippen molar-refractivity contribution in [3.05, 3.63) is 40.7 Å². The van der Waals surface area contributed by atoms with Gasteiger partial charge in [0.2, 0.25) is 0 Å². The Bertz CT molecular complexity index is 707. The Morgan fingerprint density at radius 2 is 1.71 bits per heavy atom. The van der Waals surface area contributed by atoms with Gasteiger partial charge in [0, 0.05) is 5.39 Å². The lowest BCUT2D eigenvalue weighted by Crippen LogP contribution is -1.78. The van der Waals surface area contributed by atoms with E-state index in [2.05, 4.69) is 47.2 Å². The van der Waals surface area contributed by atoms with E-state index < -0.39 is 0 Å². The van der Waals surface area contributed by atoms with Crippen LogP contribution in [0.2, 0.25) is 0 Å². The van der Waals surface area contributed by atoms with E-state index in [9.17, 15) is 0 Å². The molecule has 2 aromatic carbocycles. The molecule has 0 amide bonds. The highest BCUT2D eigenvalue weighted by Crippen LogP contribution is 2.23. The number of fused-ring (bicyclic) bond motifs is 3. The van der Waals surface area contributed by atoms with Crippen LogP contribution in [-0.2, 0) is 0 Å². The normalized spacial score (nSPS) is 10.3. The molecule has 88 valence electrons. The monoisotopic (exact) mass is 244 g/mol. The smallest absolute Gasteiger partial charge is 0.175 e. The maximum Gasteiger partial charge on any atom is 0.175 e. The molecule has 0 aliphatic rings. The highest BCUT2D eigenvalue weighted by Gasteiger charge is 2.02. The summed E-state index contributed by atoms with van der Waals surface area (Å²) in [6.07, 6.45) is 0. The van der Waals surface area contributed by atoms with Gasteiger partial charge in [-0.1, -0.05) is 37.6 Å². The van der Waals surface area contributed by atoms with Gasteiger partial charge in [0.1, 0.15) is 0 Å². The first-order chi connectivity index (χ1) is 8.24. The Morgan fingerprint density at radius 1 is 1.00 bits per heavy atom. The van der Waals surface area contributed by atoms with Crippen LogP contribution in [0, 0.1) is 11.7 Å². The quantitative estimate of drug-likeness (QED) is 0.551. The van der Waals surface area contributed by atoms with E-state index in [-0.39, 0.29) is 0 Å². The topological polar surface area (TPSA) is 31.6 Å². The molecule has 3 heteroatoms. The second kappa shape index (κ2) is 4.72. The van der Waals surface area contributed by atoms with Crippen LogP contribution < -0.4 is 0 Å². The van der Waals surface area contributed by atoms with Crippen molar-refractivity contribution in [3.63, 3.8) is 0 Å². The fraction of sp³-hybridized carbons (Fsp3) is 0.214. The van der Waals surface area contributed by atoms with Crippen LogP contribution in [0.5, 0.6) is 0 Å². The number of hydrogen-bond acceptors (Lipinski definition) is 1. The number of aromatic nitrogens is 2. The Morgan fingerprint density at radius 3 is 2.47 bits per heavy atom. The molecule has 0 radical (unpaired) electrons. The number of aromatic amines is 2. The van der Waals surface area contributed by atoms with Crippen molar-refractivity contribution < 1.29 is 0 Å². The molecular weight excluding hydrogens is 228 g/mol. The second-order valence-corrected chi connectivity index (χ2v) is 4.20. The zero-order valence-corrected chi connectivity index (χ0v) is 11.1. The summed E-state index contributed by atoms with van der Waals surface area (Å²) < 4.78 is 0.680. The summed E-state index contributed by atoms with van der Waals surface area (Å²) in [5.74, 6) is 0. The van der Waals surface area contributed by atoms with Gasteiger partial charge in [0.25, 0.3) is 0 Å². The Hall–Kier alpha value is -1.61. The average Bonchev–Trinajstić information content (AvgIpc) is 2.72. The van der Waals surface area contributed by atoms with E-state index in [4.69, 9.17) is 12.2 Å². The number of H-pyrrole nitrogens is 2. The van der Waals surface area contributed by atoms with Crippen molar-refractivity contribution >= 4 is 34.0 Å². The zero-order chi connectivity index (χ0) is 12.4. The van der Waals surface area contributed by atoms with Crippen molar-refractivity contribution in [1.29, 1.82) is 0 Å². The van der Waals surface area contributed by atoms with Crippen LogP contribution in [0.1, 0.15) is 19.4 Å². The van der Waals surface area contributed by atoms with E-state index >= 15 is 0 Å². The van der Waals surface area contributed by atoms with Crippen LogP contribution in [0.4, 0.5) is 0 Å². The Labute approximate surface area is 106 Å².